The van der Waals surface area contributed by atoms with Crippen molar-refractivity contribution in [1.29, 1.82) is 0 Å². The number of rotatable bonds is 7. The summed E-state index contributed by atoms with van der Waals surface area (Å²) in [6.45, 7) is 1.59. The number of ether oxygens (including phenoxy) is 2. The number of alkyl halides is 2. The second-order valence-electron chi connectivity index (χ2n) is 4.09. The van der Waals surface area contributed by atoms with Gasteiger partial charge in [-0.25, -0.2) is 8.78 Å². The SMILES string of the molecule is COc1ccc(CC(C)NCC(F)F)cc1OC. The van der Waals surface area contributed by atoms with Crippen molar-refractivity contribution in [2.24, 2.45) is 0 Å². The topological polar surface area (TPSA) is 30.5 Å². The smallest absolute Gasteiger partial charge is 0.250 e. The monoisotopic (exact) mass is 259 g/mol. The molecule has 1 aromatic rings. The molecule has 1 N–H and O–H groups in total. The van der Waals surface area contributed by atoms with Crippen LogP contribution in [0.2, 0.25) is 0 Å². The molecule has 0 aromatic heterocycles. The van der Waals surface area contributed by atoms with Crippen molar-refractivity contribution >= 4 is 0 Å². The molecule has 0 radical (unpaired) electrons. The lowest BCUT2D eigenvalue weighted by molar-refractivity contribution is 0.142. The summed E-state index contributed by atoms with van der Waals surface area (Å²) in [6, 6.07) is 5.56. The minimum absolute atomic E-state index is 0.0166. The maximum Gasteiger partial charge on any atom is 0.250 e. The van der Waals surface area contributed by atoms with Gasteiger partial charge in [0.15, 0.2) is 11.5 Å². The molecule has 1 atom stereocenters. The fraction of sp³-hybridized carbons (Fsp3) is 0.538. The van der Waals surface area contributed by atoms with E-state index in [1.54, 1.807) is 14.2 Å². The minimum atomic E-state index is -2.32. The Bertz CT molecular complexity index is 372. The van der Waals surface area contributed by atoms with E-state index in [1.807, 2.05) is 25.1 Å². The van der Waals surface area contributed by atoms with E-state index in [9.17, 15) is 8.78 Å². The van der Waals surface area contributed by atoms with Gasteiger partial charge in [-0.3, -0.25) is 0 Å². The number of halogens is 2. The zero-order chi connectivity index (χ0) is 13.5. The van der Waals surface area contributed by atoms with Crippen LogP contribution in [0.4, 0.5) is 8.78 Å². The van der Waals surface area contributed by atoms with Crippen LogP contribution in [0, 0.1) is 0 Å². The predicted octanol–water partition coefficient (Wildman–Crippen LogP) is 2.49. The van der Waals surface area contributed by atoms with Gasteiger partial charge in [0.05, 0.1) is 20.8 Å². The van der Waals surface area contributed by atoms with Crippen LogP contribution < -0.4 is 14.8 Å². The first-order valence-corrected chi connectivity index (χ1v) is 5.79. The van der Waals surface area contributed by atoms with Crippen molar-refractivity contribution < 1.29 is 18.3 Å². The first kappa shape index (κ1) is 14.7. The van der Waals surface area contributed by atoms with Gasteiger partial charge >= 0.3 is 0 Å². The molecule has 0 fully saturated rings. The van der Waals surface area contributed by atoms with Crippen LogP contribution in [0.25, 0.3) is 0 Å². The first-order valence-electron chi connectivity index (χ1n) is 5.79. The molecular weight excluding hydrogens is 240 g/mol. The Hall–Kier alpha value is -1.36. The number of hydrogen-bond acceptors (Lipinski definition) is 3. The van der Waals surface area contributed by atoms with Gasteiger partial charge in [0.2, 0.25) is 0 Å². The lowest BCUT2D eigenvalue weighted by Crippen LogP contribution is -2.32. The molecule has 102 valence electrons. The van der Waals surface area contributed by atoms with E-state index in [-0.39, 0.29) is 12.6 Å². The molecule has 0 aliphatic rings. The molecule has 5 heteroatoms. The van der Waals surface area contributed by atoms with Crippen LogP contribution in [-0.2, 0) is 6.42 Å². The van der Waals surface area contributed by atoms with Crippen LogP contribution in [0.5, 0.6) is 11.5 Å². The summed E-state index contributed by atoms with van der Waals surface area (Å²) in [4.78, 5) is 0. The Morgan fingerprint density at radius 1 is 1.17 bits per heavy atom. The zero-order valence-corrected chi connectivity index (χ0v) is 10.9. The molecule has 1 unspecified atom stereocenters. The normalized spacial score (nSPS) is 12.6. The Morgan fingerprint density at radius 2 is 1.83 bits per heavy atom. The molecule has 0 spiro atoms. The van der Waals surface area contributed by atoms with Gasteiger partial charge < -0.3 is 14.8 Å². The lowest BCUT2D eigenvalue weighted by atomic mass is 10.1. The van der Waals surface area contributed by atoms with Gasteiger partial charge in [0.1, 0.15) is 0 Å². The minimum Gasteiger partial charge on any atom is -0.493 e. The average Bonchev–Trinajstić information content (AvgIpc) is 2.36. The average molecular weight is 259 g/mol. The Labute approximate surface area is 106 Å². The Morgan fingerprint density at radius 3 is 2.39 bits per heavy atom. The summed E-state index contributed by atoms with van der Waals surface area (Å²) in [7, 11) is 3.14. The molecule has 18 heavy (non-hydrogen) atoms. The summed E-state index contributed by atoms with van der Waals surface area (Å²) in [5, 5.41) is 2.77. The predicted molar refractivity (Wildman–Crippen MR) is 66.7 cm³/mol. The van der Waals surface area contributed by atoms with Crippen molar-refractivity contribution in [3.8, 4) is 11.5 Å². The number of methoxy groups -OCH3 is 2. The van der Waals surface area contributed by atoms with Gasteiger partial charge in [0.25, 0.3) is 6.43 Å². The molecule has 1 aromatic carbocycles. The molecule has 0 heterocycles. The van der Waals surface area contributed by atoms with Crippen molar-refractivity contribution in [1.82, 2.24) is 5.32 Å². The molecular formula is C13H19F2NO2. The molecule has 0 aliphatic carbocycles. The summed E-state index contributed by atoms with van der Waals surface area (Å²) < 4.78 is 34.4. The maximum atomic E-state index is 12.1. The quantitative estimate of drug-likeness (QED) is 0.816. The molecule has 0 amide bonds. The van der Waals surface area contributed by atoms with E-state index in [0.29, 0.717) is 17.9 Å². The Balaban J connectivity index is 2.61. The number of hydrogen-bond donors (Lipinski definition) is 1. The van der Waals surface area contributed by atoms with Crippen molar-refractivity contribution in [3.63, 3.8) is 0 Å². The second-order valence-corrected chi connectivity index (χ2v) is 4.09. The zero-order valence-electron chi connectivity index (χ0n) is 10.9. The van der Waals surface area contributed by atoms with Crippen LogP contribution in [-0.4, -0.2) is 33.2 Å². The second kappa shape index (κ2) is 7.16. The van der Waals surface area contributed by atoms with Gasteiger partial charge in [-0.1, -0.05) is 6.07 Å². The summed E-state index contributed by atoms with van der Waals surface area (Å²) in [5.74, 6) is 1.31. The van der Waals surface area contributed by atoms with Gasteiger partial charge in [0, 0.05) is 6.04 Å². The summed E-state index contributed by atoms with van der Waals surface area (Å²) in [6.07, 6.45) is -1.66. The van der Waals surface area contributed by atoms with Crippen molar-refractivity contribution in [2.75, 3.05) is 20.8 Å². The van der Waals surface area contributed by atoms with Crippen molar-refractivity contribution in [3.05, 3.63) is 23.8 Å². The third kappa shape index (κ3) is 4.49. The van der Waals surface area contributed by atoms with E-state index in [0.717, 1.165) is 5.56 Å². The van der Waals surface area contributed by atoms with Gasteiger partial charge in [-0.05, 0) is 31.0 Å². The molecule has 1 rings (SSSR count). The lowest BCUT2D eigenvalue weighted by Gasteiger charge is -2.15. The highest BCUT2D eigenvalue weighted by Gasteiger charge is 2.09. The Kier molecular flexibility index (Phi) is 5.85. The van der Waals surface area contributed by atoms with Crippen LogP contribution >= 0.6 is 0 Å². The largest absolute Gasteiger partial charge is 0.493 e. The highest BCUT2D eigenvalue weighted by molar-refractivity contribution is 5.43. The van der Waals surface area contributed by atoms with E-state index >= 15 is 0 Å². The molecule has 3 nitrogen and oxygen atoms in total. The molecule has 0 saturated carbocycles. The highest BCUT2D eigenvalue weighted by Crippen LogP contribution is 2.27. The molecule has 0 aliphatic heterocycles. The van der Waals surface area contributed by atoms with E-state index in [2.05, 4.69) is 5.32 Å². The standard InChI is InChI=1S/C13H19F2NO2/c1-9(16-8-13(14)15)6-10-4-5-11(17-2)12(7-10)18-3/h4-5,7,9,13,16H,6,8H2,1-3H3. The summed E-state index contributed by atoms with van der Waals surface area (Å²) in [5.41, 5.74) is 1.02. The van der Waals surface area contributed by atoms with E-state index < -0.39 is 6.43 Å². The van der Waals surface area contributed by atoms with Crippen molar-refractivity contribution in [2.45, 2.75) is 25.8 Å². The first-order chi connectivity index (χ1) is 8.56. The fourth-order valence-corrected chi connectivity index (χ4v) is 1.72. The number of benzene rings is 1. The maximum absolute atomic E-state index is 12.1. The third-order valence-corrected chi connectivity index (χ3v) is 2.61. The molecule has 0 bridgehead atoms. The van der Waals surface area contributed by atoms with Crippen LogP contribution in [0.15, 0.2) is 18.2 Å². The number of nitrogens with one attached hydrogen (secondary N) is 1. The fourth-order valence-electron chi connectivity index (χ4n) is 1.72. The highest BCUT2D eigenvalue weighted by atomic mass is 19.3. The van der Waals surface area contributed by atoms with Crippen LogP contribution in [0.1, 0.15) is 12.5 Å². The van der Waals surface area contributed by atoms with Gasteiger partial charge in [-0.15, -0.1) is 0 Å². The third-order valence-electron chi connectivity index (χ3n) is 2.61. The van der Waals surface area contributed by atoms with E-state index in [4.69, 9.17) is 9.47 Å². The van der Waals surface area contributed by atoms with Gasteiger partial charge in [-0.2, -0.15) is 0 Å². The van der Waals surface area contributed by atoms with Crippen LogP contribution in [0.3, 0.4) is 0 Å². The summed E-state index contributed by atoms with van der Waals surface area (Å²) >= 11 is 0. The van der Waals surface area contributed by atoms with E-state index in [1.165, 1.54) is 0 Å². The molecule has 0 saturated heterocycles.